The normalized spacial score (nSPS) is 10.9. The van der Waals surface area contributed by atoms with Crippen LogP contribution in [0.15, 0.2) is 48.5 Å². The zero-order chi connectivity index (χ0) is 15.5. The van der Waals surface area contributed by atoms with Crippen LogP contribution in [0.1, 0.15) is 11.1 Å². The largest absolute Gasteiger partial charge is 0.492 e. The Morgan fingerprint density at radius 1 is 1.14 bits per heavy atom. The standard InChI is InChI=1S/C18H15ClFNO/c1-12-5-7-13(8-6-12)9-10-22-16-11-17(19)21-18-14(16)3-2-4-15(18)20/h2-8,11H,9-10H2,1H3. The second kappa shape index (κ2) is 6.32. The van der Waals surface area contributed by atoms with E-state index in [1.807, 2.05) is 0 Å². The van der Waals surface area contributed by atoms with Crippen LogP contribution in [0, 0.1) is 12.7 Å². The van der Waals surface area contributed by atoms with Crippen molar-refractivity contribution >= 4 is 22.5 Å². The Kier molecular flexibility index (Phi) is 4.25. The van der Waals surface area contributed by atoms with Gasteiger partial charge in [-0.25, -0.2) is 9.37 Å². The first-order chi connectivity index (χ1) is 10.6. The summed E-state index contributed by atoms with van der Waals surface area (Å²) in [6.45, 7) is 2.55. The average Bonchev–Trinajstić information content (AvgIpc) is 2.50. The smallest absolute Gasteiger partial charge is 0.149 e. The number of hydrogen-bond donors (Lipinski definition) is 0. The molecule has 0 atom stereocenters. The molecule has 0 unspecified atom stereocenters. The summed E-state index contributed by atoms with van der Waals surface area (Å²) in [6.07, 6.45) is 0.775. The molecule has 2 nitrogen and oxygen atoms in total. The average molecular weight is 316 g/mol. The van der Waals surface area contributed by atoms with E-state index in [0.29, 0.717) is 17.7 Å². The van der Waals surface area contributed by atoms with Gasteiger partial charge in [-0.05, 0) is 24.6 Å². The molecule has 4 heteroatoms. The Morgan fingerprint density at radius 2 is 1.91 bits per heavy atom. The van der Waals surface area contributed by atoms with Gasteiger partial charge in [0, 0.05) is 17.9 Å². The number of ether oxygens (including phenoxy) is 1. The number of pyridine rings is 1. The Labute approximate surface area is 133 Å². The summed E-state index contributed by atoms with van der Waals surface area (Å²) in [5.41, 5.74) is 2.66. The fourth-order valence-electron chi connectivity index (χ4n) is 2.31. The van der Waals surface area contributed by atoms with Gasteiger partial charge in [0.25, 0.3) is 0 Å². The summed E-state index contributed by atoms with van der Waals surface area (Å²) in [7, 11) is 0. The molecule has 0 bridgehead atoms. The topological polar surface area (TPSA) is 22.1 Å². The fourth-order valence-corrected chi connectivity index (χ4v) is 2.49. The van der Waals surface area contributed by atoms with Gasteiger partial charge in [0.1, 0.15) is 22.2 Å². The van der Waals surface area contributed by atoms with Crippen LogP contribution in [0.4, 0.5) is 4.39 Å². The van der Waals surface area contributed by atoms with Crippen molar-refractivity contribution < 1.29 is 9.13 Å². The Hall–Kier alpha value is -2.13. The van der Waals surface area contributed by atoms with Crippen molar-refractivity contribution in [1.82, 2.24) is 4.98 Å². The SMILES string of the molecule is Cc1ccc(CCOc2cc(Cl)nc3c(F)cccc23)cc1. The van der Waals surface area contributed by atoms with E-state index in [1.54, 1.807) is 18.2 Å². The van der Waals surface area contributed by atoms with Gasteiger partial charge in [-0.1, -0.05) is 47.5 Å². The van der Waals surface area contributed by atoms with Crippen LogP contribution < -0.4 is 4.74 Å². The maximum atomic E-state index is 13.8. The number of aromatic nitrogens is 1. The summed E-state index contributed by atoms with van der Waals surface area (Å²) in [6, 6.07) is 14.7. The molecule has 0 amide bonds. The summed E-state index contributed by atoms with van der Waals surface area (Å²) in [4.78, 5) is 4.02. The Morgan fingerprint density at radius 3 is 2.68 bits per heavy atom. The second-order valence-electron chi connectivity index (χ2n) is 5.16. The van der Waals surface area contributed by atoms with Gasteiger partial charge in [0.05, 0.1) is 6.61 Å². The highest BCUT2D eigenvalue weighted by Gasteiger charge is 2.09. The number of rotatable bonds is 4. The molecule has 22 heavy (non-hydrogen) atoms. The maximum absolute atomic E-state index is 13.8. The minimum absolute atomic E-state index is 0.225. The van der Waals surface area contributed by atoms with Crippen LogP contribution in [0.2, 0.25) is 5.15 Å². The van der Waals surface area contributed by atoms with E-state index in [-0.39, 0.29) is 10.7 Å². The van der Waals surface area contributed by atoms with E-state index >= 15 is 0 Å². The summed E-state index contributed by atoms with van der Waals surface area (Å²) < 4.78 is 19.6. The predicted octanol–water partition coefficient (Wildman–Crippen LogP) is 4.96. The first-order valence-corrected chi connectivity index (χ1v) is 7.44. The molecule has 0 radical (unpaired) electrons. The number of nitrogens with zero attached hydrogens (tertiary/aromatic N) is 1. The lowest BCUT2D eigenvalue weighted by Crippen LogP contribution is -2.02. The molecule has 0 fully saturated rings. The minimum atomic E-state index is -0.400. The summed E-state index contributed by atoms with van der Waals surface area (Å²) in [5.74, 6) is 0.157. The van der Waals surface area contributed by atoms with Crippen molar-refractivity contribution in [3.8, 4) is 5.75 Å². The molecule has 3 rings (SSSR count). The van der Waals surface area contributed by atoms with Crippen LogP contribution in [0.5, 0.6) is 5.75 Å². The number of hydrogen-bond acceptors (Lipinski definition) is 2. The highest BCUT2D eigenvalue weighted by atomic mass is 35.5. The van der Waals surface area contributed by atoms with E-state index in [9.17, 15) is 4.39 Å². The van der Waals surface area contributed by atoms with Gasteiger partial charge < -0.3 is 4.74 Å². The molecule has 0 N–H and O–H groups in total. The molecule has 0 spiro atoms. The quantitative estimate of drug-likeness (QED) is 0.635. The van der Waals surface area contributed by atoms with Crippen LogP contribution in [-0.2, 0) is 6.42 Å². The highest BCUT2D eigenvalue weighted by molar-refractivity contribution is 6.30. The number of fused-ring (bicyclic) bond motifs is 1. The first kappa shape index (κ1) is 14.8. The third kappa shape index (κ3) is 3.20. The molecule has 1 aromatic heterocycles. The number of aryl methyl sites for hydroxylation is 1. The van der Waals surface area contributed by atoms with Gasteiger partial charge in [0.15, 0.2) is 0 Å². The van der Waals surface area contributed by atoms with Crippen molar-refractivity contribution in [3.63, 3.8) is 0 Å². The number of halogens is 2. The van der Waals surface area contributed by atoms with E-state index in [4.69, 9.17) is 16.3 Å². The minimum Gasteiger partial charge on any atom is -0.492 e. The predicted molar refractivity (Wildman–Crippen MR) is 87.1 cm³/mol. The lowest BCUT2D eigenvalue weighted by Gasteiger charge is -2.10. The van der Waals surface area contributed by atoms with Crippen LogP contribution in [-0.4, -0.2) is 11.6 Å². The van der Waals surface area contributed by atoms with E-state index in [2.05, 4.69) is 36.2 Å². The first-order valence-electron chi connectivity index (χ1n) is 7.06. The van der Waals surface area contributed by atoms with Crippen LogP contribution in [0.25, 0.3) is 10.9 Å². The van der Waals surface area contributed by atoms with Crippen LogP contribution >= 0.6 is 11.6 Å². The lowest BCUT2D eigenvalue weighted by atomic mass is 10.1. The Bertz CT molecular complexity index is 802. The molecule has 1 heterocycles. The van der Waals surface area contributed by atoms with Crippen molar-refractivity contribution in [3.05, 3.63) is 70.6 Å². The molecule has 0 saturated heterocycles. The molecule has 112 valence electrons. The van der Waals surface area contributed by atoms with E-state index < -0.39 is 5.82 Å². The van der Waals surface area contributed by atoms with Crippen molar-refractivity contribution in [2.24, 2.45) is 0 Å². The third-order valence-electron chi connectivity index (χ3n) is 3.49. The molecule has 0 aliphatic carbocycles. The molecular weight excluding hydrogens is 301 g/mol. The van der Waals surface area contributed by atoms with Crippen molar-refractivity contribution in [1.29, 1.82) is 0 Å². The zero-order valence-electron chi connectivity index (χ0n) is 12.1. The molecule has 3 aromatic rings. The Balaban J connectivity index is 1.79. The number of para-hydroxylation sites is 1. The lowest BCUT2D eigenvalue weighted by molar-refractivity contribution is 0.325. The molecule has 2 aromatic carbocycles. The van der Waals surface area contributed by atoms with E-state index in [0.717, 1.165) is 6.42 Å². The molecule has 0 saturated carbocycles. The second-order valence-corrected chi connectivity index (χ2v) is 5.55. The van der Waals surface area contributed by atoms with Crippen LogP contribution in [0.3, 0.4) is 0 Å². The highest BCUT2D eigenvalue weighted by Crippen LogP contribution is 2.29. The summed E-state index contributed by atoms with van der Waals surface area (Å²) in [5, 5.41) is 0.858. The fraction of sp³-hybridized carbons (Fsp3) is 0.167. The maximum Gasteiger partial charge on any atom is 0.149 e. The number of benzene rings is 2. The third-order valence-corrected chi connectivity index (χ3v) is 3.68. The van der Waals surface area contributed by atoms with Crippen molar-refractivity contribution in [2.45, 2.75) is 13.3 Å². The molecular formula is C18H15ClFNO. The molecule has 0 aliphatic heterocycles. The van der Waals surface area contributed by atoms with Gasteiger partial charge >= 0.3 is 0 Å². The summed E-state index contributed by atoms with van der Waals surface area (Å²) >= 11 is 5.95. The van der Waals surface area contributed by atoms with Gasteiger partial charge in [-0.15, -0.1) is 0 Å². The molecule has 0 aliphatic rings. The monoisotopic (exact) mass is 315 g/mol. The van der Waals surface area contributed by atoms with Crippen molar-refractivity contribution in [2.75, 3.05) is 6.61 Å². The van der Waals surface area contributed by atoms with Gasteiger partial charge in [0.2, 0.25) is 0 Å². The van der Waals surface area contributed by atoms with E-state index in [1.165, 1.54) is 17.2 Å². The zero-order valence-corrected chi connectivity index (χ0v) is 12.9. The van der Waals surface area contributed by atoms with Gasteiger partial charge in [-0.3, -0.25) is 0 Å². The van der Waals surface area contributed by atoms with Gasteiger partial charge in [-0.2, -0.15) is 0 Å².